The summed E-state index contributed by atoms with van der Waals surface area (Å²) in [4.78, 5) is 11.4. The van der Waals surface area contributed by atoms with Crippen LogP contribution in [0.5, 0.6) is 5.75 Å². The molecule has 1 saturated carbocycles. The van der Waals surface area contributed by atoms with E-state index >= 15 is 4.39 Å². The Bertz CT molecular complexity index is 1140. The molecule has 2 aromatic carbocycles. The van der Waals surface area contributed by atoms with Gasteiger partial charge in [-0.2, -0.15) is 0 Å². The number of carbonyl (C=O) groups is 1. The van der Waals surface area contributed by atoms with Crippen molar-refractivity contribution in [1.29, 1.82) is 0 Å². The number of sulfone groups is 1. The standard InChI is InChI=1S/C22H22ClF2NO5S/c1-30-21(27)26-11-13-8-9-22(32(28,29)16-4-2-15(23)3-5-16)14(10-13)12-31-20-18(25)7-6-17(24)19(20)22/h2-7,13-14H,8-12H2,1H3,(H,26,27)/t13-,14?,22+/m1/s1. The summed E-state index contributed by atoms with van der Waals surface area (Å²) in [5, 5.41) is 2.99. The average molecular weight is 486 g/mol. The largest absolute Gasteiger partial charge is 0.490 e. The van der Waals surface area contributed by atoms with Crippen LogP contribution in [-0.2, 0) is 19.3 Å². The average Bonchev–Trinajstić information content (AvgIpc) is 2.79. The van der Waals surface area contributed by atoms with Crippen molar-refractivity contribution in [3.05, 3.63) is 58.6 Å². The lowest BCUT2D eigenvalue weighted by molar-refractivity contribution is 0.0964. The molecule has 1 N–H and O–H groups in total. The molecule has 172 valence electrons. The number of methoxy groups -OCH3 is 1. The molecule has 1 aliphatic heterocycles. The summed E-state index contributed by atoms with van der Waals surface area (Å²) in [5.41, 5.74) is -0.261. The van der Waals surface area contributed by atoms with Gasteiger partial charge in [0.15, 0.2) is 21.4 Å². The molecule has 0 aromatic heterocycles. The van der Waals surface area contributed by atoms with Gasteiger partial charge in [0.1, 0.15) is 10.6 Å². The molecule has 6 nitrogen and oxygen atoms in total. The van der Waals surface area contributed by atoms with Crippen molar-refractivity contribution in [2.24, 2.45) is 11.8 Å². The molecule has 3 atom stereocenters. The third-order valence-corrected chi connectivity index (χ3v) is 9.28. The van der Waals surface area contributed by atoms with Crippen LogP contribution in [0.4, 0.5) is 13.6 Å². The van der Waals surface area contributed by atoms with Crippen LogP contribution < -0.4 is 10.1 Å². The van der Waals surface area contributed by atoms with Gasteiger partial charge in [0.25, 0.3) is 0 Å². The second kappa shape index (κ2) is 8.51. The van der Waals surface area contributed by atoms with E-state index in [9.17, 15) is 17.6 Å². The number of halogens is 3. The number of ether oxygens (including phenoxy) is 2. The lowest BCUT2D eigenvalue weighted by Crippen LogP contribution is -2.53. The van der Waals surface area contributed by atoms with Gasteiger partial charge in [0.2, 0.25) is 0 Å². The molecule has 4 rings (SSSR count). The van der Waals surface area contributed by atoms with E-state index in [1.807, 2.05) is 0 Å². The van der Waals surface area contributed by atoms with E-state index in [0.29, 0.717) is 17.9 Å². The Balaban J connectivity index is 1.83. The van der Waals surface area contributed by atoms with Gasteiger partial charge < -0.3 is 14.8 Å². The first-order valence-electron chi connectivity index (χ1n) is 10.1. The molecule has 2 aromatic rings. The zero-order chi connectivity index (χ0) is 23.1. The zero-order valence-corrected chi connectivity index (χ0v) is 18.8. The minimum Gasteiger partial charge on any atom is -0.490 e. The number of hydrogen-bond acceptors (Lipinski definition) is 5. The molecule has 1 aliphatic carbocycles. The Labute approximate surface area is 189 Å². The van der Waals surface area contributed by atoms with Crippen molar-refractivity contribution in [2.75, 3.05) is 20.3 Å². The number of benzene rings is 2. The molecule has 1 heterocycles. The van der Waals surface area contributed by atoms with E-state index in [-0.39, 0.29) is 41.7 Å². The summed E-state index contributed by atoms with van der Waals surface area (Å²) in [6.07, 6.45) is 0.177. The second-order valence-electron chi connectivity index (χ2n) is 8.10. The molecule has 1 fully saturated rings. The Kier molecular flexibility index (Phi) is 6.06. The Morgan fingerprint density at radius 3 is 2.59 bits per heavy atom. The topological polar surface area (TPSA) is 81.7 Å². The number of hydrogen-bond donors (Lipinski definition) is 1. The first-order valence-corrected chi connectivity index (χ1v) is 12.0. The maximum atomic E-state index is 15.2. The highest BCUT2D eigenvalue weighted by atomic mass is 35.5. The minimum absolute atomic E-state index is 0.0189. The molecular weight excluding hydrogens is 464 g/mol. The summed E-state index contributed by atoms with van der Waals surface area (Å²) in [6.45, 7) is 0.188. The van der Waals surface area contributed by atoms with Gasteiger partial charge in [0, 0.05) is 17.5 Å². The van der Waals surface area contributed by atoms with Crippen LogP contribution in [-0.4, -0.2) is 34.8 Å². The normalized spacial score (nSPS) is 24.6. The number of alkyl carbamates (subject to hydrolysis) is 1. The van der Waals surface area contributed by atoms with Gasteiger partial charge in [-0.15, -0.1) is 0 Å². The monoisotopic (exact) mass is 485 g/mol. The van der Waals surface area contributed by atoms with E-state index in [1.165, 1.54) is 31.4 Å². The Morgan fingerprint density at radius 1 is 1.22 bits per heavy atom. The van der Waals surface area contributed by atoms with E-state index in [0.717, 1.165) is 12.1 Å². The lowest BCUT2D eigenvalue weighted by atomic mass is 9.69. The van der Waals surface area contributed by atoms with E-state index in [1.54, 1.807) is 0 Å². The fourth-order valence-electron chi connectivity index (χ4n) is 4.92. The van der Waals surface area contributed by atoms with Crippen molar-refractivity contribution in [1.82, 2.24) is 5.32 Å². The zero-order valence-electron chi connectivity index (χ0n) is 17.2. The summed E-state index contributed by atoms with van der Waals surface area (Å²) in [5.74, 6) is -2.71. The molecule has 1 unspecified atom stereocenters. The first-order chi connectivity index (χ1) is 15.2. The van der Waals surface area contributed by atoms with Gasteiger partial charge >= 0.3 is 6.09 Å². The number of fused-ring (bicyclic) bond motifs is 3. The van der Waals surface area contributed by atoms with Gasteiger partial charge in [-0.05, 0) is 61.6 Å². The maximum absolute atomic E-state index is 15.2. The number of amides is 1. The molecule has 10 heteroatoms. The Hall–Kier alpha value is -2.39. The molecule has 0 saturated heterocycles. The molecule has 2 aliphatic rings. The van der Waals surface area contributed by atoms with Gasteiger partial charge in [-0.25, -0.2) is 22.0 Å². The maximum Gasteiger partial charge on any atom is 0.406 e. The molecule has 0 radical (unpaired) electrons. The molecule has 1 amide bonds. The summed E-state index contributed by atoms with van der Waals surface area (Å²) < 4.78 is 66.2. The quantitative estimate of drug-likeness (QED) is 0.691. The highest BCUT2D eigenvalue weighted by Crippen LogP contribution is 2.57. The molecule has 0 spiro atoms. The molecule has 32 heavy (non-hydrogen) atoms. The van der Waals surface area contributed by atoms with E-state index in [2.05, 4.69) is 10.1 Å². The smallest absolute Gasteiger partial charge is 0.406 e. The highest BCUT2D eigenvalue weighted by Gasteiger charge is 2.59. The number of carbonyl (C=O) groups excluding carboxylic acids is 1. The fraction of sp³-hybridized carbons (Fsp3) is 0.409. The van der Waals surface area contributed by atoms with Crippen LogP contribution in [0.15, 0.2) is 41.3 Å². The SMILES string of the molecule is COC(=O)NC[C@@H]1CC[C@@]2(S(=O)(=O)c3ccc(Cl)cc3)c3c(F)ccc(F)c3OCC2C1. The van der Waals surface area contributed by atoms with Crippen LogP contribution in [0.2, 0.25) is 5.02 Å². The van der Waals surface area contributed by atoms with Gasteiger partial charge in [-0.1, -0.05) is 11.6 Å². The van der Waals surface area contributed by atoms with Crippen LogP contribution in [0.1, 0.15) is 24.8 Å². The fourth-order valence-corrected chi connectivity index (χ4v) is 7.40. The summed E-state index contributed by atoms with van der Waals surface area (Å²) in [7, 11) is -2.92. The highest BCUT2D eigenvalue weighted by molar-refractivity contribution is 7.92. The van der Waals surface area contributed by atoms with Crippen LogP contribution in [0.3, 0.4) is 0 Å². The predicted octanol–water partition coefficient (Wildman–Crippen LogP) is 4.45. The molecular formula is C22H22ClF2NO5S. The minimum atomic E-state index is -4.17. The number of rotatable bonds is 4. The second-order valence-corrected chi connectivity index (χ2v) is 10.7. The number of nitrogens with one attached hydrogen (secondary N) is 1. The van der Waals surface area contributed by atoms with Crippen LogP contribution >= 0.6 is 11.6 Å². The van der Waals surface area contributed by atoms with Gasteiger partial charge in [-0.3, -0.25) is 0 Å². The lowest BCUT2D eigenvalue weighted by Gasteiger charge is -2.49. The van der Waals surface area contributed by atoms with Crippen LogP contribution in [0.25, 0.3) is 0 Å². The van der Waals surface area contributed by atoms with E-state index < -0.39 is 38.2 Å². The van der Waals surface area contributed by atoms with Crippen molar-refractivity contribution in [3.8, 4) is 5.75 Å². The van der Waals surface area contributed by atoms with Crippen molar-refractivity contribution in [3.63, 3.8) is 0 Å². The summed E-state index contributed by atoms with van der Waals surface area (Å²) >= 11 is 5.93. The summed E-state index contributed by atoms with van der Waals surface area (Å²) in [6, 6.07) is 7.52. The van der Waals surface area contributed by atoms with Crippen molar-refractivity contribution >= 4 is 27.5 Å². The molecule has 0 bridgehead atoms. The third kappa shape index (κ3) is 3.61. The van der Waals surface area contributed by atoms with E-state index in [4.69, 9.17) is 16.3 Å². The van der Waals surface area contributed by atoms with Crippen molar-refractivity contribution in [2.45, 2.75) is 28.9 Å². The van der Waals surface area contributed by atoms with Gasteiger partial charge in [0.05, 0.1) is 24.2 Å². The predicted molar refractivity (Wildman–Crippen MR) is 113 cm³/mol. The van der Waals surface area contributed by atoms with Crippen molar-refractivity contribution < 1.29 is 31.5 Å². The third-order valence-electron chi connectivity index (χ3n) is 6.44. The Morgan fingerprint density at radius 2 is 1.91 bits per heavy atom. The van der Waals surface area contributed by atoms with Crippen LogP contribution in [0, 0.1) is 23.5 Å². The first kappa shape index (κ1) is 22.8.